The molecule has 0 unspecified atom stereocenters. The number of rotatable bonds is 5. The van der Waals surface area contributed by atoms with Gasteiger partial charge in [-0.25, -0.2) is 4.39 Å². The topological polar surface area (TPSA) is 47.6 Å². The highest BCUT2D eigenvalue weighted by Gasteiger charge is 2.52. The molecule has 1 aromatic rings. The van der Waals surface area contributed by atoms with E-state index in [9.17, 15) is 9.18 Å². The summed E-state index contributed by atoms with van der Waals surface area (Å²) in [5.41, 5.74) is 0.902. The van der Waals surface area contributed by atoms with E-state index in [-0.39, 0.29) is 0 Å². The molecule has 1 N–H and O–H groups in total. The average molecular weight is 319 g/mol. The molecule has 0 spiro atoms. The van der Waals surface area contributed by atoms with E-state index in [1.165, 1.54) is 12.1 Å². The first-order valence-corrected chi connectivity index (χ1v) is 7.65. The zero-order valence-electron chi connectivity index (χ0n) is 14.3. The number of nitrogens with one attached hydrogen (secondary N) is 1. The molecule has 0 radical (unpaired) electrons. The smallest absolute Gasteiger partial charge is 0.400 e. The van der Waals surface area contributed by atoms with Gasteiger partial charge in [0.25, 0.3) is 0 Å². The van der Waals surface area contributed by atoms with Crippen LogP contribution in [0, 0.1) is 5.82 Å². The molecule has 0 atom stereocenters. The van der Waals surface area contributed by atoms with Crippen LogP contribution in [0.1, 0.15) is 43.6 Å². The van der Waals surface area contributed by atoms with Crippen molar-refractivity contribution in [3.8, 4) is 0 Å². The third-order valence-corrected chi connectivity index (χ3v) is 4.45. The van der Waals surface area contributed by atoms with Crippen molar-refractivity contribution in [3.05, 3.63) is 40.6 Å². The molecule has 23 heavy (non-hydrogen) atoms. The van der Waals surface area contributed by atoms with Crippen molar-refractivity contribution in [2.24, 2.45) is 0 Å². The lowest BCUT2D eigenvalue weighted by Crippen LogP contribution is -2.41. The van der Waals surface area contributed by atoms with Crippen molar-refractivity contribution in [3.63, 3.8) is 0 Å². The number of halogens is 1. The second kappa shape index (κ2) is 6.55. The van der Waals surface area contributed by atoms with Crippen LogP contribution in [-0.2, 0) is 9.31 Å². The molecule has 0 aliphatic carbocycles. The Morgan fingerprint density at radius 3 is 2.35 bits per heavy atom. The fourth-order valence-corrected chi connectivity index (χ4v) is 2.38. The Balaban J connectivity index is 2.38. The Labute approximate surface area is 137 Å². The van der Waals surface area contributed by atoms with Crippen molar-refractivity contribution in [2.45, 2.75) is 38.9 Å². The number of aldehydes is 1. The Bertz CT molecular complexity index is 612. The molecule has 1 heterocycles. The maximum absolute atomic E-state index is 13.3. The predicted octanol–water partition coefficient (Wildman–Crippen LogP) is 2.87. The first kappa shape index (κ1) is 17.9. The molecule has 0 saturated carbocycles. The Kier molecular flexibility index (Phi) is 5.09. The summed E-state index contributed by atoms with van der Waals surface area (Å²) in [6, 6.07) is 4.14. The Morgan fingerprint density at radius 1 is 1.22 bits per heavy atom. The van der Waals surface area contributed by atoms with Crippen LogP contribution in [0.4, 0.5) is 4.39 Å². The van der Waals surface area contributed by atoms with Gasteiger partial charge in [-0.15, -0.1) is 0 Å². The monoisotopic (exact) mass is 319 g/mol. The minimum atomic E-state index is -0.517. The summed E-state index contributed by atoms with van der Waals surface area (Å²) in [7, 11) is 1.31. The van der Waals surface area contributed by atoms with E-state index < -0.39 is 24.1 Å². The summed E-state index contributed by atoms with van der Waals surface area (Å²) >= 11 is 0. The van der Waals surface area contributed by atoms with E-state index in [1.807, 2.05) is 40.8 Å². The number of carbonyl (C=O) groups excluding carboxylic acids is 1. The predicted molar refractivity (Wildman–Crippen MR) is 89.8 cm³/mol. The van der Waals surface area contributed by atoms with Crippen LogP contribution >= 0.6 is 0 Å². The number of benzene rings is 1. The number of hydrogen-bond donors (Lipinski definition) is 1. The summed E-state index contributed by atoms with van der Waals surface area (Å²) in [5, 5.41) is 3.08. The van der Waals surface area contributed by atoms with Gasteiger partial charge in [0, 0.05) is 12.1 Å². The highest BCUT2D eigenvalue weighted by molar-refractivity contribution is 6.56. The third-order valence-electron chi connectivity index (χ3n) is 4.45. The summed E-state index contributed by atoms with van der Waals surface area (Å²) in [6.45, 7) is 8.47. The molecule has 0 amide bonds. The van der Waals surface area contributed by atoms with E-state index >= 15 is 0 Å². The minimum absolute atomic E-state index is 0.301. The number of hydrogen-bond acceptors (Lipinski definition) is 4. The average Bonchev–Trinajstić information content (AvgIpc) is 2.68. The normalized spacial score (nSPS) is 19.9. The van der Waals surface area contributed by atoms with Crippen molar-refractivity contribution in [1.82, 2.24) is 5.32 Å². The minimum Gasteiger partial charge on any atom is -0.400 e. The molecule has 0 bridgehead atoms. The van der Waals surface area contributed by atoms with Crippen molar-refractivity contribution in [1.29, 1.82) is 0 Å². The SMILES string of the molecule is CNCC(=Cc1ccc(F)cc1C=O)B1OC(C)(C)C(C)(C)O1. The molecule has 6 heteroatoms. The van der Waals surface area contributed by atoms with Gasteiger partial charge in [0.15, 0.2) is 6.29 Å². The molecule has 1 aliphatic heterocycles. The summed E-state index contributed by atoms with van der Waals surface area (Å²) < 4.78 is 25.4. The highest BCUT2D eigenvalue weighted by Crippen LogP contribution is 2.38. The Hall–Kier alpha value is -1.50. The number of carbonyl (C=O) groups is 1. The molecule has 1 aromatic carbocycles. The van der Waals surface area contributed by atoms with Gasteiger partial charge in [-0.3, -0.25) is 4.79 Å². The summed E-state index contributed by atoms with van der Waals surface area (Å²) in [6.07, 6.45) is 2.47. The van der Waals surface area contributed by atoms with Gasteiger partial charge in [0.1, 0.15) is 5.82 Å². The molecule has 2 rings (SSSR count). The van der Waals surface area contributed by atoms with Gasteiger partial charge >= 0.3 is 7.12 Å². The van der Waals surface area contributed by atoms with Gasteiger partial charge < -0.3 is 14.6 Å². The maximum atomic E-state index is 13.3. The van der Waals surface area contributed by atoms with E-state index in [4.69, 9.17) is 9.31 Å². The van der Waals surface area contributed by atoms with E-state index in [2.05, 4.69) is 5.32 Å². The van der Waals surface area contributed by atoms with Gasteiger partial charge in [-0.2, -0.15) is 0 Å². The fraction of sp³-hybridized carbons (Fsp3) is 0.471. The van der Waals surface area contributed by atoms with E-state index in [0.29, 0.717) is 24.0 Å². The van der Waals surface area contributed by atoms with Crippen LogP contribution in [0.3, 0.4) is 0 Å². The fourth-order valence-electron chi connectivity index (χ4n) is 2.38. The van der Waals surface area contributed by atoms with Crippen LogP contribution in [-0.4, -0.2) is 38.2 Å². The molecule has 0 aromatic heterocycles. The maximum Gasteiger partial charge on any atom is 0.491 e. The summed E-state index contributed by atoms with van der Waals surface area (Å²) in [4.78, 5) is 11.2. The van der Waals surface area contributed by atoms with Crippen molar-refractivity contribution >= 4 is 19.5 Å². The molecular weight excluding hydrogens is 296 g/mol. The van der Waals surface area contributed by atoms with Gasteiger partial charge in [-0.05, 0) is 57.9 Å². The quantitative estimate of drug-likeness (QED) is 0.670. The van der Waals surface area contributed by atoms with Crippen molar-refractivity contribution in [2.75, 3.05) is 13.6 Å². The highest BCUT2D eigenvalue weighted by atomic mass is 19.1. The van der Waals surface area contributed by atoms with E-state index in [1.54, 1.807) is 6.07 Å². The molecule has 124 valence electrons. The second-order valence-corrected chi connectivity index (χ2v) is 6.73. The molecule has 4 nitrogen and oxygen atoms in total. The molecule has 1 aliphatic rings. The van der Waals surface area contributed by atoms with Crippen LogP contribution in [0.15, 0.2) is 23.7 Å². The zero-order valence-corrected chi connectivity index (χ0v) is 14.3. The number of likely N-dealkylation sites (N-methyl/N-ethyl adjacent to an activating group) is 1. The van der Waals surface area contributed by atoms with Gasteiger partial charge in [0.2, 0.25) is 0 Å². The summed E-state index contributed by atoms with van der Waals surface area (Å²) in [5.74, 6) is -0.435. The lowest BCUT2D eigenvalue weighted by molar-refractivity contribution is 0.00578. The lowest BCUT2D eigenvalue weighted by atomic mass is 9.76. The first-order chi connectivity index (χ1) is 10.7. The van der Waals surface area contributed by atoms with Crippen LogP contribution in [0.2, 0.25) is 0 Å². The third kappa shape index (κ3) is 3.71. The largest absolute Gasteiger partial charge is 0.491 e. The standard InChI is InChI=1S/C17H23BFNO3/c1-16(2)17(3,4)23-18(22-16)14(10-20-5)8-12-6-7-15(19)9-13(12)11-21/h6-9,11,20H,10H2,1-5H3. The molecule has 1 saturated heterocycles. The zero-order chi connectivity index (χ0) is 17.3. The van der Waals surface area contributed by atoms with Gasteiger partial charge in [-0.1, -0.05) is 12.1 Å². The molecule has 1 fully saturated rings. The second-order valence-electron chi connectivity index (χ2n) is 6.73. The lowest BCUT2D eigenvalue weighted by Gasteiger charge is -2.32. The van der Waals surface area contributed by atoms with Crippen LogP contribution in [0.25, 0.3) is 6.08 Å². The molecular formula is C17H23BFNO3. The van der Waals surface area contributed by atoms with Gasteiger partial charge in [0.05, 0.1) is 11.2 Å². The first-order valence-electron chi connectivity index (χ1n) is 7.65. The Morgan fingerprint density at radius 2 is 1.83 bits per heavy atom. The van der Waals surface area contributed by atoms with Crippen LogP contribution < -0.4 is 5.32 Å². The van der Waals surface area contributed by atoms with Crippen LogP contribution in [0.5, 0.6) is 0 Å². The van der Waals surface area contributed by atoms with Crippen molar-refractivity contribution < 1.29 is 18.5 Å². The van der Waals surface area contributed by atoms with E-state index in [0.717, 1.165) is 5.47 Å².